The summed E-state index contributed by atoms with van der Waals surface area (Å²) in [7, 11) is 0. The average molecular weight is 228 g/mol. The molecule has 94 valence electrons. The molecule has 1 aliphatic carbocycles. The van der Waals surface area contributed by atoms with E-state index in [1.807, 2.05) is 13.8 Å². The highest BCUT2D eigenvalue weighted by Crippen LogP contribution is 2.36. The van der Waals surface area contributed by atoms with Crippen LogP contribution < -0.4 is 11.1 Å². The minimum absolute atomic E-state index is 0.00266. The first-order chi connectivity index (χ1) is 7.36. The van der Waals surface area contributed by atoms with Crippen LogP contribution in [0.5, 0.6) is 0 Å². The highest BCUT2D eigenvalue weighted by atomic mass is 16.3. The van der Waals surface area contributed by atoms with Crippen molar-refractivity contribution in [1.82, 2.24) is 5.32 Å². The summed E-state index contributed by atoms with van der Waals surface area (Å²) in [6.45, 7) is 5.58. The Hall–Kier alpha value is -0.610. The van der Waals surface area contributed by atoms with Crippen LogP contribution in [0.4, 0.5) is 0 Å². The normalized spacial score (nSPS) is 33.4. The van der Waals surface area contributed by atoms with E-state index in [1.54, 1.807) is 6.92 Å². The van der Waals surface area contributed by atoms with Gasteiger partial charge in [-0.2, -0.15) is 0 Å². The largest absolute Gasteiger partial charge is 0.393 e. The second-order valence-electron chi connectivity index (χ2n) is 5.38. The fourth-order valence-corrected chi connectivity index (χ4v) is 2.43. The van der Waals surface area contributed by atoms with Crippen LogP contribution >= 0.6 is 0 Å². The molecule has 0 aromatic rings. The van der Waals surface area contributed by atoms with Crippen LogP contribution in [-0.4, -0.2) is 29.2 Å². The lowest BCUT2D eigenvalue weighted by Gasteiger charge is -2.29. The first kappa shape index (κ1) is 13.5. The molecule has 0 aromatic heterocycles. The Balaban J connectivity index is 2.51. The van der Waals surface area contributed by atoms with Gasteiger partial charge >= 0.3 is 0 Å². The number of hydrogen-bond acceptors (Lipinski definition) is 3. The summed E-state index contributed by atoms with van der Waals surface area (Å²) in [6.07, 6.45) is 3.00. The van der Waals surface area contributed by atoms with Gasteiger partial charge < -0.3 is 16.2 Å². The molecule has 1 aliphatic rings. The standard InChI is InChI=1S/C12H24N2O2/c1-8(7-9(2)15)14-11(16)12(3)6-4-5-10(12)13/h8-10,15H,4-7,13H2,1-3H3,(H,14,16). The Morgan fingerprint density at radius 2 is 2.25 bits per heavy atom. The molecule has 1 fully saturated rings. The highest BCUT2D eigenvalue weighted by Gasteiger charge is 2.43. The van der Waals surface area contributed by atoms with Gasteiger partial charge in [-0.3, -0.25) is 4.79 Å². The summed E-state index contributed by atoms with van der Waals surface area (Å²) in [4.78, 5) is 12.1. The summed E-state index contributed by atoms with van der Waals surface area (Å²) < 4.78 is 0. The van der Waals surface area contributed by atoms with Gasteiger partial charge in [-0.25, -0.2) is 0 Å². The Bertz CT molecular complexity index is 255. The zero-order chi connectivity index (χ0) is 12.3. The number of aliphatic hydroxyl groups is 1. The maximum absolute atomic E-state index is 12.1. The molecule has 4 atom stereocenters. The summed E-state index contributed by atoms with van der Waals surface area (Å²) in [5, 5.41) is 12.2. The van der Waals surface area contributed by atoms with Gasteiger partial charge in [0.15, 0.2) is 0 Å². The third kappa shape index (κ3) is 2.95. The third-order valence-corrected chi connectivity index (χ3v) is 3.62. The van der Waals surface area contributed by atoms with E-state index in [0.29, 0.717) is 6.42 Å². The second kappa shape index (κ2) is 5.15. The number of carbonyl (C=O) groups excluding carboxylic acids is 1. The van der Waals surface area contributed by atoms with E-state index < -0.39 is 5.41 Å². The number of amides is 1. The Morgan fingerprint density at radius 3 is 2.69 bits per heavy atom. The summed E-state index contributed by atoms with van der Waals surface area (Å²) in [6, 6.07) is -0.0385. The average Bonchev–Trinajstić information content (AvgIpc) is 2.46. The predicted molar refractivity (Wildman–Crippen MR) is 63.8 cm³/mol. The van der Waals surface area contributed by atoms with E-state index in [4.69, 9.17) is 5.73 Å². The molecule has 4 unspecified atom stereocenters. The molecule has 0 radical (unpaired) electrons. The molecule has 1 rings (SSSR count). The number of hydrogen-bond donors (Lipinski definition) is 3. The molecule has 4 heteroatoms. The van der Waals surface area contributed by atoms with E-state index >= 15 is 0 Å². The van der Waals surface area contributed by atoms with Gasteiger partial charge in [-0.15, -0.1) is 0 Å². The number of nitrogens with one attached hydrogen (secondary N) is 1. The molecule has 0 aromatic carbocycles. The molecular weight excluding hydrogens is 204 g/mol. The fraction of sp³-hybridized carbons (Fsp3) is 0.917. The molecule has 0 saturated heterocycles. The number of carbonyl (C=O) groups is 1. The van der Waals surface area contributed by atoms with Crippen molar-refractivity contribution in [2.45, 2.75) is 64.6 Å². The summed E-state index contributed by atoms with van der Waals surface area (Å²) in [5.74, 6) is 0.0330. The van der Waals surface area contributed by atoms with Gasteiger partial charge in [0.2, 0.25) is 5.91 Å². The van der Waals surface area contributed by atoms with E-state index in [-0.39, 0.29) is 24.1 Å². The smallest absolute Gasteiger partial charge is 0.227 e. The first-order valence-electron chi connectivity index (χ1n) is 6.11. The lowest BCUT2D eigenvalue weighted by molar-refractivity contribution is -0.131. The van der Waals surface area contributed by atoms with Gasteiger partial charge in [-0.1, -0.05) is 6.42 Å². The van der Waals surface area contributed by atoms with Crippen molar-refractivity contribution in [2.75, 3.05) is 0 Å². The van der Waals surface area contributed by atoms with Crippen LogP contribution in [0.15, 0.2) is 0 Å². The van der Waals surface area contributed by atoms with E-state index in [9.17, 15) is 9.90 Å². The van der Waals surface area contributed by atoms with E-state index in [1.165, 1.54) is 0 Å². The molecule has 4 nitrogen and oxygen atoms in total. The van der Waals surface area contributed by atoms with Crippen molar-refractivity contribution in [1.29, 1.82) is 0 Å². The van der Waals surface area contributed by atoms with Crippen LogP contribution in [0.3, 0.4) is 0 Å². The van der Waals surface area contributed by atoms with Gasteiger partial charge in [0, 0.05) is 12.1 Å². The van der Waals surface area contributed by atoms with Crippen LogP contribution in [0, 0.1) is 5.41 Å². The SMILES string of the molecule is CC(O)CC(C)NC(=O)C1(C)CCCC1N. The minimum atomic E-state index is -0.424. The lowest BCUT2D eigenvalue weighted by Crippen LogP contribution is -2.50. The first-order valence-corrected chi connectivity index (χ1v) is 6.11. The topological polar surface area (TPSA) is 75.3 Å². The van der Waals surface area contributed by atoms with E-state index in [2.05, 4.69) is 5.32 Å². The molecule has 0 heterocycles. The predicted octanol–water partition coefficient (Wildman–Crippen LogP) is 0.779. The Morgan fingerprint density at radius 1 is 1.62 bits per heavy atom. The molecular formula is C12H24N2O2. The monoisotopic (exact) mass is 228 g/mol. The molecule has 1 saturated carbocycles. The van der Waals surface area contributed by atoms with Crippen molar-refractivity contribution in [3.8, 4) is 0 Å². The van der Waals surface area contributed by atoms with Crippen molar-refractivity contribution in [2.24, 2.45) is 11.1 Å². The molecule has 0 spiro atoms. The van der Waals surface area contributed by atoms with Crippen LogP contribution in [0.1, 0.15) is 46.5 Å². The van der Waals surface area contributed by atoms with Crippen molar-refractivity contribution >= 4 is 5.91 Å². The zero-order valence-electron chi connectivity index (χ0n) is 10.5. The van der Waals surface area contributed by atoms with Gasteiger partial charge in [-0.05, 0) is 40.0 Å². The zero-order valence-corrected chi connectivity index (χ0v) is 10.5. The number of aliphatic hydroxyl groups excluding tert-OH is 1. The lowest BCUT2D eigenvalue weighted by atomic mass is 9.84. The van der Waals surface area contributed by atoms with Crippen molar-refractivity contribution in [3.63, 3.8) is 0 Å². The number of nitrogens with two attached hydrogens (primary N) is 1. The van der Waals surface area contributed by atoms with Crippen LogP contribution in [-0.2, 0) is 4.79 Å². The van der Waals surface area contributed by atoms with Gasteiger partial charge in [0.05, 0.1) is 11.5 Å². The van der Waals surface area contributed by atoms with E-state index in [0.717, 1.165) is 19.3 Å². The van der Waals surface area contributed by atoms with Crippen LogP contribution in [0.2, 0.25) is 0 Å². The minimum Gasteiger partial charge on any atom is -0.393 e. The summed E-state index contributed by atoms with van der Waals surface area (Å²) >= 11 is 0. The second-order valence-corrected chi connectivity index (χ2v) is 5.38. The Labute approximate surface area is 97.6 Å². The molecule has 16 heavy (non-hydrogen) atoms. The van der Waals surface area contributed by atoms with Crippen molar-refractivity contribution in [3.05, 3.63) is 0 Å². The molecule has 0 aliphatic heterocycles. The van der Waals surface area contributed by atoms with Crippen LogP contribution in [0.25, 0.3) is 0 Å². The Kier molecular flexibility index (Phi) is 4.33. The quantitative estimate of drug-likeness (QED) is 0.665. The number of rotatable bonds is 4. The fourth-order valence-electron chi connectivity index (χ4n) is 2.43. The molecule has 4 N–H and O–H groups in total. The van der Waals surface area contributed by atoms with Gasteiger partial charge in [0.1, 0.15) is 0 Å². The maximum atomic E-state index is 12.1. The van der Waals surface area contributed by atoms with Crippen molar-refractivity contribution < 1.29 is 9.90 Å². The highest BCUT2D eigenvalue weighted by molar-refractivity contribution is 5.83. The third-order valence-electron chi connectivity index (χ3n) is 3.62. The molecule has 1 amide bonds. The summed E-state index contributed by atoms with van der Waals surface area (Å²) in [5.41, 5.74) is 5.56. The van der Waals surface area contributed by atoms with Gasteiger partial charge in [0.25, 0.3) is 0 Å². The maximum Gasteiger partial charge on any atom is 0.227 e. The molecule has 0 bridgehead atoms.